The van der Waals surface area contributed by atoms with E-state index < -0.39 is 4.92 Å². The molecule has 0 amide bonds. The maximum atomic E-state index is 12.6. The van der Waals surface area contributed by atoms with Gasteiger partial charge in [0, 0.05) is 17.7 Å². The van der Waals surface area contributed by atoms with Crippen LogP contribution >= 0.6 is 0 Å². The molecule has 1 aliphatic rings. The summed E-state index contributed by atoms with van der Waals surface area (Å²) in [5, 5.41) is 10.8. The van der Waals surface area contributed by atoms with Crippen LogP contribution in [0.2, 0.25) is 0 Å². The highest BCUT2D eigenvalue weighted by Gasteiger charge is 2.29. The number of hydrogen-bond donors (Lipinski definition) is 0. The Kier molecular flexibility index (Phi) is 5.62. The predicted octanol–water partition coefficient (Wildman–Crippen LogP) is 5.65. The maximum absolute atomic E-state index is 12.6. The molecule has 0 N–H and O–H groups in total. The molecule has 1 heterocycles. The van der Waals surface area contributed by atoms with Crippen molar-refractivity contribution in [3.63, 3.8) is 0 Å². The highest BCUT2D eigenvalue weighted by atomic mass is 16.6. The molecule has 1 aliphatic heterocycles. The Labute approximate surface area is 179 Å². The fourth-order valence-electron chi connectivity index (χ4n) is 3.22. The van der Waals surface area contributed by atoms with Crippen molar-refractivity contribution in [2.45, 2.75) is 13.5 Å². The van der Waals surface area contributed by atoms with E-state index in [2.05, 4.69) is 0 Å². The number of ether oxygens (including phenoxy) is 2. The first-order valence-corrected chi connectivity index (χ1v) is 9.68. The van der Waals surface area contributed by atoms with Gasteiger partial charge in [0.1, 0.15) is 18.1 Å². The first kappa shape index (κ1) is 20.1. The summed E-state index contributed by atoms with van der Waals surface area (Å²) in [5.74, 6) is 1.17. The molecule has 0 radical (unpaired) electrons. The first-order chi connectivity index (χ1) is 15.0. The van der Waals surface area contributed by atoms with E-state index in [0.29, 0.717) is 17.1 Å². The molecule has 6 nitrogen and oxygen atoms in total. The minimum atomic E-state index is -0.441. The molecule has 0 unspecified atom stereocenters. The van der Waals surface area contributed by atoms with E-state index >= 15 is 0 Å². The zero-order chi connectivity index (χ0) is 21.8. The number of nitrogens with zero attached hydrogens (tertiary/aromatic N) is 1. The lowest BCUT2D eigenvalue weighted by Crippen LogP contribution is -1.99. The van der Waals surface area contributed by atoms with Crippen LogP contribution < -0.4 is 9.47 Å². The lowest BCUT2D eigenvalue weighted by Gasteiger charge is -2.11. The van der Waals surface area contributed by atoms with E-state index in [1.54, 1.807) is 36.4 Å². The lowest BCUT2D eigenvalue weighted by atomic mass is 10.1. The van der Waals surface area contributed by atoms with Gasteiger partial charge in [-0.05, 0) is 48.4 Å². The Balaban J connectivity index is 1.47. The van der Waals surface area contributed by atoms with E-state index in [-0.39, 0.29) is 23.8 Å². The molecule has 31 heavy (non-hydrogen) atoms. The van der Waals surface area contributed by atoms with Crippen molar-refractivity contribution in [2.24, 2.45) is 0 Å². The standard InChI is InChI=1S/C25H19NO5/c1-17-22(30-16-19-10-12-20(13-11-19)26(28)29)15-14-21-24(27)23(31-25(17)21)9-5-8-18-6-3-2-4-7-18/h2-15H,16H2,1H3/b8-5+,23-9-. The smallest absolute Gasteiger partial charge is 0.269 e. The summed E-state index contributed by atoms with van der Waals surface area (Å²) in [6.45, 7) is 2.08. The van der Waals surface area contributed by atoms with Gasteiger partial charge in [-0.15, -0.1) is 0 Å². The van der Waals surface area contributed by atoms with Gasteiger partial charge in [-0.25, -0.2) is 0 Å². The quantitative estimate of drug-likeness (QED) is 0.296. The van der Waals surface area contributed by atoms with Crippen LogP contribution in [0.15, 0.2) is 84.6 Å². The molecule has 0 saturated heterocycles. The van der Waals surface area contributed by atoms with Gasteiger partial charge in [0.15, 0.2) is 5.76 Å². The van der Waals surface area contributed by atoms with Gasteiger partial charge < -0.3 is 9.47 Å². The summed E-state index contributed by atoms with van der Waals surface area (Å²) in [6.07, 6.45) is 5.35. The SMILES string of the molecule is Cc1c(OCc2ccc([N+](=O)[O-])cc2)ccc2c1O/C(=C\C=C\c1ccccc1)C2=O. The summed E-state index contributed by atoms with van der Waals surface area (Å²) in [5.41, 5.74) is 3.09. The van der Waals surface area contributed by atoms with E-state index in [1.807, 2.05) is 43.3 Å². The van der Waals surface area contributed by atoms with Crippen LogP contribution in [0.5, 0.6) is 11.5 Å². The third-order valence-electron chi connectivity index (χ3n) is 4.91. The molecule has 0 atom stereocenters. The molecule has 4 rings (SSSR count). The molecular formula is C25H19NO5. The van der Waals surface area contributed by atoms with Crippen LogP contribution in [0.4, 0.5) is 5.69 Å². The van der Waals surface area contributed by atoms with Crippen molar-refractivity contribution in [1.82, 2.24) is 0 Å². The van der Waals surface area contributed by atoms with Crippen LogP contribution in [0.25, 0.3) is 6.08 Å². The molecule has 0 saturated carbocycles. The molecule has 3 aromatic carbocycles. The normalized spacial score (nSPS) is 14.0. The van der Waals surface area contributed by atoms with Gasteiger partial charge >= 0.3 is 0 Å². The Bertz CT molecular complexity index is 1190. The molecule has 0 aliphatic carbocycles. The van der Waals surface area contributed by atoms with E-state index in [9.17, 15) is 14.9 Å². The number of carbonyl (C=O) groups excluding carboxylic acids is 1. The third kappa shape index (κ3) is 4.38. The predicted molar refractivity (Wildman–Crippen MR) is 117 cm³/mol. The second-order valence-electron chi connectivity index (χ2n) is 7.01. The number of carbonyl (C=O) groups is 1. The highest BCUT2D eigenvalue weighted by molar-refractivity contribution is 6.12. The number of benzene rings is 3. The fraction of sp³-hybridized carbons (Fsp3) is 0.0800. The maximum Gasteiger partial charge on any atom is 0.269 e. The Morgan fingerprint density at radius 2 is 1.77 bits per heavy atom. The van der Waals surface area contributed by atoms with Gasteiger partial charge in [0.25, 0.3) is 5.69 Å². The Morgan fingerprint density at radius 1 is 1.03 bits per heavy atom. The Morgan fingerprint density at radius 3 is 2.48 bits per heavy atom. The zero-order valence-corrected chi connectivity index (χ0v) is 16.8. The number of hydrogen-bond acceptors (Lipinski definition) is 5. The summed E-state index contributed by atoms with van der Waals surface area (Å²) in [6, 6.07) is 19.4. The van der Waals surface area contributed by atoms with Gasteiger partial charge in [-0.1, -0.05) is 42.5 Å². The largest absolute Gasteiger partial charge is 0.488 e. The number of fused-ring (bicyclic) bond motifs is 1. The highest BCUT2D eigenvalue weighted by Crippen LogP contribution is 2.39. The molecule has 0 aromatic heterocycles. The van der Waals surface area contributed by atoms with Crippen molar-refractivity contribution in [2.75, 3.05) is 0 Å². The number of nitro benzene ring substituents is 1. The van der Waals surface area contributed by atoms with Crippen molar-refractivity contribution in [3.8, 4) is 11.5 Å². The van der Waals surface area contributed by atoms with Crippen LogP contribution in [0, 0.1) is 17.0 Å². The van der Waals surface area contributed by atoms with Crippen LogP contribution in [-0.4, -0.2) is 10.7 Å². The summed E-state index contributed by atoms with van der Waals surface area (Å²) >= 11 is 0. The van der Waals surface area contributed by atoms with E-state index in [1.165, 1.54) is 12.1 Å². The molecule has 6 heteroatoms. The van der Waals surface area contributed by atoms with Crippen molar-refractivity contribution < 1.29 is 19.2 Å². The minimum Gasteiger partial charge on any atom is -0.488 e. The average molecular weight is 413 g/mol. The zero-order valence-electron chi connectivity index (χ0n) is 16.8. The first-order valence-electron chi connectivity index (χ1n) is 9.68. The van der Waals surface area contributed by atoms with Gasteiger partial charge in [-0.3, -0.25) is 14.9 Å². The van der Waals surface area contributed by atoms with Gasteiger partial charge in [0.2, 0.25) is 5.78 Å². The topological polar surface area (TPSA) is 78.7 Å². The summed E-state index contributed by atoms with van der Waals surface area (Å²) < 4.78 is 11.7. The minimum absolute atomic E-state index is 0.0324. The van der Waals surface area contributed by atoms with Gasteiger partial charge in [0.05, 0.1) is 10.5 Å². The number of allylic oxidation sites excluding steroid dienone is 3. The van der Waals surface area contributed by atoms with Crippen LogP contribution in [0.1, 0.15) is 27.0 Å². The molecule has 0 fully saturated rings. The summed E-state index contributed by atoms with van der Waals surface area (Å²) in [4.78, 5) is 23.0. The second-order valence-corrected chi connectivity index (χ2v) is 7.01. The number of Topliss-reactive ketones (excluding diaryl/α,β-unsaturated/α-hetero) is 1. The van der Waals surface area contributed by atoms with Crippen LogP contribution in [-0.2, 0) is 6.61 Å². The van der Waals surface area contributed by atoms with E-state index in [4.69, 9.17) is 9.47 Å². The second kappa shape index (κ2) is 8.67. The number of rotatable bonds is 6. The van der Waals surface area contributed by atoms with Gasteiger partial charge in [-0.2, -0.15) is 0 Å². The number of ketones is 1. The monoisotopic (exact) mass is 413 g/mol. The number of nitro groups is 1. The Hall–Kier alpha value is -4.19. The summed E-state index contributed by atoms with van der Waals surface area (Å²) in [7, 11) is 0. The van der Waals surface area contributed by atoms with Crippen molar-refractivity contribution >= 4 is 17.5 Å². The fourth-order valence-corrected chi connectivity index (χ4v) is 3.22. The van der Waals surface area contributed by atoms with Crippen LogP contribution in [0.3, 0.4) is 0 Å². The molecule has 3 aromatic rings. The molecule has 0 spiro atoms. The average Bonchev–Trinajstić information content (AvgIpc) is 3.11. The third-order valence-corrected chi connectivity index (χ3v) is 4.91. The number of non-ortho nitro benzene ring substituents is 1. The lowest BCUT2D eigenvalue weighted by molar-refractivity contribution is -0.384. The molecular weight excluding hydrogens is 394 g/mol. The van der Waals surface area contributed by atoms with Crippen molar-refractivity contribution in [3.05, 3.63) is 117 Å². The van der Waals surface area contributed by atoms with Crippen molar-refractivity contribution in [1.29, 1.82) is 0 Å². The van der Waals surface area contributed by atoms with E-state index in [0.717, 1.165) is 16.7 Å². The molecule has 0 bridgehead atoms. The molecule has 154 valence electrons.